The number of hydrogen-bond donors (Lipinski definition) is 0. The molecule has 0 rings (SSSR count). The highest BCUT2D eigenvalue weighted by Crippen LogP contribution is 2.07. The second-order valence-electron chi connectivity index (χ2n) is 6.82. The highest BCUT2D eigenvalue weighted by molar-refractivity contribution is 5.23. The van der Waals surface area contributed by atoms with Crippen molar-refractivity contribution in [2.75, 3.05) is 13.2 Å². The van der Waals surface area contributed by atoms with E-state index in [4.69, 9.17) is 9.47 Å². The van der Waals surface area contributed by atoms with Crippen molar-refractivity contribution in [1.82, 2.24) is 0 Å². The maximum Gasteiger partial charge on any atom is 0.287 e. The van der Waals surface area contributed by atoms with Crippen LogP contribution in [0.2, 0.25) is 0 Å². The first kappa shape index (κ1) is 24.6. The van der Waals surface area contributed by atoms with Gasteiger partial charge >= 0.3 is 0 Å². The quantitative estimate of drug-likeness (QED) is 0.151. The Hall–Kier alpha value is -1.36. The van der Waals surface area contributed by atoms with E-state index in [0.29, 0.717) is 19.2 Å². The number of ether oxygens (including phenoxy) is 2. The highest BCUT2D eigenvalue weighted by atomic mass is 16.7. The van der Waals surface area contributed by atoms with Crippen LogP contribution in [-0.4, -0.2) is 13.2 Å². The molecule has 0 spiro atoms. The van der Waals surface area contributed by atoms with Gasteiger partial charge in [-0.25, -0.2) is 0 Å². The van der Waals surface area contributed by atoms with Gasteiger partial charge in [0.1, 0.15) is 0 Å². The molecule has 0 aromatic rings. The molecule has 2 heteroatoms. The summed E-state index contributed by atoms with van der Waals surface area (Å²) in [5.41, 5.74) is 0. The van der Waals surface area contributed by atoms with Crippen molar-refractivity contribution >= 4 is 0 Å². The molecule has 26 heavy (non-hydrogen) atoms. The molecule has 0 aliphatic rings. The third-order valence-electron chi connectivity index (χ3n) is 4.18. The molecule has 0 atom stereocenters. The van der Waals surface area contributed by atoms with Crippen LogP contribution in [0.15, 0.2) is 24.2 Å². The Bertz CT molecular complexity index is 384. The lowest BCUT2D eigenvalue weighted by molar-refractivity contribution is 0.0327. The lowest BCUT2D eigenvalue weighted by Crippen LogP contribution is -2.01. The summed E-state index contributed by atoms with van der Waals surface area (Å²) in [5.74, 6) is 6.68. The molecule has 0 bridgehead atoms. The third-order valence-corrected chi connectivity index (χ3v) is 4.18. The minimum Gasteiger partial charge on any atom is -0.465 e. The zero-order chi connectivity index (χ0) is 19.1. The van der Waals surface area contributed by atoms with Crippen LogP contribution in [0, 0.1) is 11.8 Å². The largest absolute Gasteiger partial charge is 0.465 e. The fourth-order valence-electron chi connectivity index (χ4n) is 2.51. The zero-order valence-electron chi connectivity index (χ0n) is 17.7. The molecular formula is C24H42O2. The second-order valence-corrected chi connectivity index (χ2v) is 6.82. The van der Waals surface area contributed by atoms with Gasteiger partial charge in [0.2, 0.25) is 0 Å². The van der Waals surface area contributed by atoms with E-state index in [2.05, 4.69) is 38.7 Å². The monoisotopic (exact) mass is 362 g/mol. The second kappa shape index (κ2) is 21.7. The van der Waals surface area contributed by atoms with Gasteiger partial charge in [-0.15, -0.1) is 0 Å². The molecule has 0 aromatic heterocycles. The SMILES string of the molecule is CCCCCCCC/C=C\C#CC=C(OCCCCC)OCCCCC. The Labute approximate surface area is 163 Å². The van der Waals surface area contributed by atoms with Gasteiger partial charge in [-0.05, 0) is 31.8 Å². The number of unbranched alkanes of at least 4 members (excludes halogenated alkanes) is 10. The Kier molecular flexibility index (Phi) is 20.5. The van der Waals surface area contributed by atoms with Crippen molar-refractivity contribution < 1.29 is 9.47 Å². The van der Waals surface area contributed by atoms with Gasteiger partial charge in [-0.3, -0.25) is 0 Å². The lowest BCUT2D eigenvalue weighted by atomic mass is 10.1. The first-order valence-corrected chi connectivity index (χ1v) is 11.0. The Morgan fingerprint density at radius 2 is 1.19 bits per heavy atom. The average Bonchev–Trinajstić information content (AvgIpc) is 2.66. The predicted octanol–water partition coefficient (Wildman–Crippen LogP) is 7.55. The Morgan fingerprint density at radius 1 is 0.654 bits per heavy atom. The van der Waals surface area contributed by atoms with Crippen LogP contribution < -0.4 is 0 Å². The van der Waals surface area contributed by atoms with E-state index in [1.807, 2.05) is 6.08 Å². The summed E-state index contributed by atoms with van der Waals surface area (Å²) in [6, 6.07) is 0. The van der Waals surface area contributed by atoms with Crippen molar-refractivity contribution in [2.24, 2.45) is 0 Å². The van der Waals surface area contributed by atoms with E-state index in [-0.39, 0.29) is 0 Å². The van der Waals surface area contributed by atoms with Crippen molar-refractivity contribution in [1.29, 1.82) is 0 Å². The number of rotatable bonds is 17. The minimum atomic E-state index is 0.578. The van der Waals surface area contributed by atoms with E-state index in [1.165, 1.54) is 64.2 Å². The fraction of sp³-hybridized carbons (Fsp3) is 0.750. The van der Waals surface area contributed by atoms with Crippen molar-refractivity contribution in [3.8, 4) is 11.8 Å². The first-order valence-electron chi connectivity index (χ1n) is 11.0. The topological polar surface area (TPSA) is 18.5 Å². The van der Waals surface area contributed by atoms with E-state index in [9.17, 15) is 0 Å². The standard InChI is InChI=1S/C24H42O2/c1-4-7-10-11-12-13-14-15-16-17-18-21-24(25-22-19-8-5-2)26-23-20-9-6-3/h15-16,21H,4-14,19-20,22-23H2,1-3H3/b16-15-. The van der Waals surface area contributed by atoms with E-state index in [0.717, 1.165) is 19.3 Å². The van der Waals surface area contributed by atoms with Crippen LogP contribution in [0.5, 0.6) is 0 Å². The van der Waals surface area contributed by atoms with E-state index >= 15 is 0 Å². The van der Waals surface area contributed by atoms with Crippen molar-refractivity contribution in [3.05, 3.63) is 24.2 Å². The molecule has 0 aromatic carbocycles. The first-order chi connectivity index (χ1) is 12.8. The van der Waals surface area contributed by atoms with Gasteiger partial charge in [0.25, 0.3) is 5.95 Å². The Morgan fingerprint density at radius 3 is 1.81 bits per heavy atom. The van der Waals surface area contributed by atoms with Gasteiger partial charge < -0.3 is 9.47 Å². The van der Waals surface area contributed by atoms with Crippen LogP contribution in [-0.2, 0) is 9.47 Å². The Balaban J connectivity index is 4.06. The molecule has 0 unspecified atom stereocenters. The average molecular weight is 363 g/mol. The summed E-state index contributed by atoms with van der Waals surface area (Å²) in [6.45, 7) is 8.07. The predicted molar refractivity (Wildman–Crippen MR) is 114 cm³/mol. The third kappa shape index (κ3) is 19.0. The summed E-state index contributed by atoms with van der Waals surface area (Å²) in [6.07, 6.45) is 22.0. The molecule has 0 saturated carbocycles. The molecule has 0 aliphatic carbocycles. The molecule has 0 aliphatic heterocycles. The molecule has 150 valence electrons. The zero-order valence-corrected chi connectivity index (χ0v) is 17.7. The minimum absolute atomic E-state index is 0.578. The van der Waals surface area contributed by atoms with Crippen LogP contribution in [0.1, 0.15) is 104 Å². The molecule has 0 heterocycles. The van der Waals surface area contributed by atoms with Gasteiger partial charge in [0.15, 0.2) is 0 Å². The maximum atomic E-state index is 5.73. The van der Waals surface area contributed by atoms with Gasteiger partial charge in [0.05, 0.1) is 19.3 Å². The van der Waals surface area contributed by atoms with Gasteiger partial charge in [-0.2, -0.15) is 0 Å². The molecule has 0 N–H and O–H groups in total. The van der Waals surface area contributed by atoms with Crippen LogP contribution in [0.4, 0.5) is 0 Å². The van der Waals surface area contributed by atoms with Crippen LogP contribution in [0.25, 0.3) is 0 Å². The van der Waals surface area contributed by atoms with E-state index in [1.54, 1.807) is 6.08 Å². The summed E-state index contributed by atoms with van der Waals surface area (Å²) < 4.78 is 11.5. The fourth-order valence-corrected chi connectivity index (χ4v) is 2.51. The summed E-state index contributed by atoms with van der Waals surface area (Å²) >= 11 is 0. The molecule has 0 amide bonds. The molecule has 0 fully saturated rings. The lowest BCUT2D eigenvalue weighted by Gasteiger charge is -2.10. The number of allylic oxidation sites excluding steroid dienone is 3. The molecular weight excluding hydrogens is 320 g/mol. The highest BCUT2D eigenvalue weighted by Gasteiger charge is 1.98. The summed E-state index contributed by atoms with van der Waals surface area (Å²) in [5, 5.41) is 0. The van der Waals surface area contributed by atoms with Crippen LogP contribution in [0.3, 0.4) is 0 Å². The summed E-state index contributed by atoms with van der Waals surface area (Å²) in [7, 11) is 0. The smallest absolute Gasteiger partial charge is 0.287 e. The van der Waals surface area contributed by atoms with Crippen molar-refractivity contribution in [3.63, 3.8) is 0 Å². The van der Waals surface area contributed by atoms with Gasteiger partial charge in [-0.1, -0.05) is 96.5 Å². The van der Waals surface area contributed by atoms with E-state index < -0.39 is 0 Å². The molecule has 0 saturated heterocycles. The van der Waals surface area contributed by atoms with Gasteiger partial charge in [0, 0.05) is 0 Å². The summed E-state index contributed by atoms with van der Waals surface area (Å²) in [4.78, 5) is 0. The normalized spacial score (nSPS) is 10.4. The number of hydrogen-bond acceptors (Lipinski definition) is 2. The maximum absolute atomic E-state index is 5.73. The van der Waals surface area contributed by atoms with Crippen LogP contribution >= 0.6 is 0 Å². The molecule has 0 radical (unpaired) electrons. The van der Waals surface area contributed by atoms with Crippen molar-refractivity contribution in [2.45, 2.75) is 104 Å². The molecule has 2 nitrogen and oxygen atoms in total.